The highest BCUT2D eigenvalue weighted by atomic mass is 19.1. The van der Waals surface area contributed by atoms with Gasteiger partial charge in [-0.2, -0.15) is 0 Å². The molecule has 0 aliphatic rings. The summed E-state index contributed by atoms with van der Waals surface area (Å²) in [6.07, 6.45) is 1.49. The second-order valence-corrected chi connectivity index (χ2v) is 4.38. The molecule has 0 spiro atoms. The molecule has 1 aromatic heterocycles. The number of hydrogen-bond donors (Lipinski definition) is 1. The van der Waals surface area contributed by atoms with Crippen LogP contribution in [0.25, 0.3) is 21.9 Å². The van der Waals surface area contributed by atoms with Crippen molar-refractivity contribution in [1.29, 1.82) is 0 Å². The average molecular weight is 267 g/mol. The highest BCUT2D eigenvalue weighted by molar-refractivity contribution is 5.97. The Balaban J connectivity index is 2.19. The van der Waals surface area contributed by atoms with Crippen molar-refractivity contribution in [2.24, 2.45) is 0 Å². The van der Waals surface area contributed by atoms with Crippen LogP contribution in [0.3, 0.4) is 0 Å². The van der Waals surface area contributed by atoms with Crippen molar-refractivity contribution in [3.05, 3.63) is 66.2 Å². The lowest BCUT2D eigenvalue weighted by Gasteiger charge is -2.07. The van der Waals surface area contributed by atoms with Crippen LogP contribution in [0.15, 0.2) is 54.7 Å². The second-order valence-electron chi connectivity index (χ2n) is 4.38. The first-order valence-corrected chi connectivity index (χ1v) is 6.04. The van der Waals surface area contributed by atoms with E-state index in [-0.39, 0.29) is 11.5 Å². The molecule has 3 aromatic rings. The van der Waals surface area contributed by atoms with E-state index in [0.29, 0.717) is 5.39 Å². The highest BCUT2D eigenvalue weighted by Gasteiger charge is 2.09. The Morgan fingerprint density at radius 3 is 2.40 bits per heavy atom. The molecule has 0 bridgehead atoms. The van der Waals surface area contributed by atoms with Gasteiger partial charge >= 0.3 is 5.97 Å². The molecule has 4 heteroatoms. The van der Waals surface area contributed by atoms with Gasteiger partial charge in [-0.05, 0) is 23.1 Å². The quantitative estimate of drug-likeness (QED) is 0.769. The molecule has 1 heterocycles. The van der Waals surface area contributed by atoms with Crippen LogP contribution in [0.4, 0.5) is 4.39 Å². The maximum absolute atomic E-state index is 13.8. The summed E-state index contributed by atoms with van der Waals surface area (Å²) in [5.41, 5.74) is 1.57. The van der Waals surface area contributed by atoms with E-state index in [9.17, 15) is 9.18 Å². The number of aromatic carboxylic acids is 1. The molecular formula is C16H10FNO2. The predicted molar refractivity (Wildman–Crippen MR) is 74.1 cm³/mol. The minimum Gasteiger partial charge on any atom is -0.477 e. The molecule has 0 fully saturated rings. The molecule has 20 heavy (non-hydrogen) atoms. The third-order valence-electron chi connectivity index (χ3n) is 3.16. The minimum absolute atomic E-state index is 0.0137. The number of pyridine rings is 1. The first-order valence-electron chi connectivity index (χ1n) is 6.04. The standard InChI is InChI=1S/C16H10FNO2/c17-14-7-6-11(12-3-1-2-4-13(12)14)10-5-8-15(16(19)20)18-9-10/h1-9H,(H,19,20). The number of fused-ring (bicyclic) bond motifs is 1. The van der Waals surface area contributed by atoms with Crippen LogP contribution in [-0.2, 0) is 0 Å². The van der Waals surface area contributed by atoms with Crippen molar-refractivity contribution in [3.63, 3.8) is 0 Å². The number of carbonyl (C=O) groups is 1. The predicted octanol–water partition coefficient (Wildman–Crippen LogP) is 3.74. The third-order valence-corrected chi connectivity index (χ3v) is 3.16. The summed E-state index contributed by atoms with van der Waals surface area (Å²) in [7, 11) is 0. The zero-order valence-electron chi connectivity index (χ0n) is 10.4. The molecule has 0 amide bonds. The fourth-order valence-electron chi connectivity index (χ4n) is 2.19. The van der Waals surface area contributed by atoms with E-state index in [2.05, 4.69) is 4.98 Å². The van der Waals surface area contributed by atoms with Gasteiger partial charge in [-0.3, -0.25) is 0 Å². The molecule has 0 unspecified atom stereocenters. The van der Waals surface area contributed by atoms with Crippen LogP contribution >= 0.6 is 0 Å². The Morgan fingerprint density at radius 1 is 1.00 bits per heavy atom. The van der Waals surface area contributed by atoms with Gasteiger partial charge in [-0.1, -0.05) is 36.4 Å². The topological polar surface area (TPSA) is 50.2 Å². The second kappa shape index (κ2) is 4.74. The summed E-state index contributed by atoms with van der Waals surface area (Å²) >= 11 is 0. The highest BCUT2D eigenvalue weighted by Crippen LogP contribution is 2.29. The third kappa shape index (κ3) is 2.01. The monoisotopic (exact) mass is 267 g/mol. The molecule has 2 aromatic carbocycles. The lowest BCUT2D eigenvalue weighted by atomic mass is 9.99. The van der Waals surface area contributed by atoms with E-state index in [4.69, 9.17) is 5.11 Å². The van der Waals surface area contributed by atoms with Gasteiger partial charge in [-0.25, -0.2) is 14.2 Å². The first-order chi connectivity index (χ1) is 9.66. The summed E-state index contributed by atoms with van der Waals surface area (Å²) in [4.78, 5) is 14.7. The number of aromatic nitrogens is 1. The van der Waals surface area contributed by atoms with Crippen molar-refractivity contribution in [2.45, 2.75) is 0 Å². The van der Waals surface area contributed by atoms with Crippen LogP contribution in [0.5, 0.6) is 0 Å². The van der Waals surface area contributed by atoms with Crippen LogP contribution in [0.2, 0.25) is 0 Å². The molecule has 0 atom stereocenters. The Morgan fingerprint density at radius 2 is 1.75 bits per heavy atom. The van der Waals surface area contributed by atoms with Gasteiger partial charge < -0.3 is 5.11 Å². The summed E-state index contributed by atoms with van der Waals surface area (Å²) in [5.74, 6) is -1.35. The number of halogens is 1. The number of carboxylic acids is 1. The van der Waals surface area contributed by atoms with E-state index in [0.717, 1.165) is 16.5 Å². The molecule has 0 aliphatic heterocycles. The van der Waals surface area contributed by atoms with Crippen molar-refractivity contribution in [2.75, 3.05) is 0 Å². The van der Waals surface area contributed by atoms with Gasteiger partial charge in [0, 0.05) is 17.1 Å². The molecule has 3 nitrogen and oxygen atoms in total. The van der Waals surface area contributed by atoms with Gasteiger partial charge in [0.2, 0.25) is 0 Å². The lowest BCUT2D eigenvalue weighted by molar-refractivity contribution is 0.0690. The zero-order chi connectivity index (χ0) is 14.1. The van der Waals surface area contributed by atoms with E-state index in [1.54, 1.807) is 24.3 Å². The molecular weight excluding hydrogens is 257 g/mol. The molecule has 0 radical (unpaired) electrons. The molecule has 0 saturated heterocycles. The number of benzene rings is 2. The fraction of sp³-hybridized carbons (Fsp3) is 0. The summed E-state index contributed by atoms with van der Waals surface area (Å²) in [6, 6.07) is 13.4. The van der Waals surface area contributed by atoms with E-state index in [1.807, 2.05) is 12.1 Å². The molecule has 0 saturated carbocycles. The van der Waals surface area contributed by atoms with E-state index >= 15 is 0 Å². The van der Waals surface area contributed by atoms with Crippen molar-refractivity contribution in [3.8, 4) is 11.1 Å². The Hall–Kier alpha value is -2.75. The SMILES string of the molecule is O=C(O)c1ccc(-c2ccc(F)c3ccccc23)cn1. The summed E-state index contributed by atoms with van der Waals surface area (Å²) in [6.45, 7) is 0. The van der Waals surface area contributed by atoms with Crippen LogP contribution in [-0.4, -0.2) is 16.1 Å². The number of nitrogens with zero attached hydrogens (tertiary/aromatic N) is 1. The van der Waals surface area contributed by atoms with Crippen molar-refractivity contribution < 1.29 is 14.3 Å². The average Bonchev–Trinajstić information content (AvgIpc) is 2.48. The van der Waals surface area contributed by atoms with Crippen molar-refractivity contribution in [1.82, 2.24) is 4.98 Å². The lowest BCUT2D eigenvalue weighted by Crippen LogP contribution is -1.99. The largest absolute Gasteiger partial charge is 0.477 e. The van der Waals surface area contributed by atoms with Crippen LogP contribution < -0.4 is 0 Å². The fourth-order valence-corrected chi connectivity index (χ4v) is 2.19. The maximum Gasteiger partial charge on any atom is 0.354 e. The van der Waals surface area contributed by atoms with Crippen molar-refractivity contribution >= 4 is 16.7 Å². The molecule has 0 aliphatic carbocycles. The smallest absolute Gasteiger partial charge is 0.354 e. The van der Waals surface area contributed by atoms with Gasteiger partial charge in [0.25, 0.3) is 0 Å². The normalized spacial score (nSPS) is 10.7. The number of rotatable bonds is 2. The summed E-state index contributed by atoms with van der Waals surface area (Å²) in [5, 5.41) is 10.2. The van der Waals surface area contributed by atoms with Crippen LogP contribution in [0, 0.1) is 5.82 Å². The van der Waals surface area contributed by atoms with Gasteiger partial charge in [0.15, 0.2) is 0 Å². The zero-order valence-corrected chi connectivity index (χ0v) is 10.4. The summed E-state index contributed by atoms with van der Waals surface area (Å²) < 4.78 is 13.8. The Bertz CT molecular complexity index is 797. The van der Waals surface area contributed by atoms with E-state index < -0.39 is 5.97 Å². The molecule has 3 rings (SSSR count). The van der Waals surface area contributed by atoms with Crippen LogP contribution in [0.1, 0.15) is 10.5 Å². The first kappa shape index (κ1) is 12.3. The van der Waals surface area contributed by atoms with Gasteiger partial charge in [0.05, 0.1) is 0 Å². The minimum atomic E-state index is -1.07. The Labute approximate surface area is 114 Å². The maximum atomic E-state index is 13.8. The van der Waals surface area contributed by atoms with Gasteiger partial charge in [-0.15, -0.1) is 0 Å². The molecule has 98 valence electrons. The van der Waals surface area contributed by atoms with E-state index in [1.165, 1.54) is 18.3 Å². The number of hydrogen-bond acceptors (Lipinski definition) is 2. The number of carboxylic acid groups (broad SMARTS) is 1. The molecule has 1 N–H and O–H groups in total. The van der Waals surface area contributed by atoms with Gasteiger partial charge in [0.1, 0.15) is 11.5 Å². The Kier molecular flexibility index (Phi) is 2.91.